The number of nitrogens with one attached hydrogen (secondary N) is 1. The highest BCUT2D eigenvalue weighted by Crippen LogP contribution is 2.36. The highest BCUT2D eigenvalue weighted by molar-refractivity contribution is 6.33. The molecule has 32 heavy (non-hydrogen) atoms. The fraction of sp³-hybridized carbons (Fsp3) is 0.480. The van der Waals surface area contributed by atoms with Gasteiger partial charge in [0.1, 0.15) is 18.3 Å². The van der Waals surface area contributed by atoms with Crippen molar-refractivity contribution < 1.29 is 19.3 Å². The van der Waals surface area contributed by atoms with Crippen molar-refractivity contribution in [3.8, 4) is 17.1 Å². The molecule has 1 aliphatic carbocycles. The van der Waals surface area contributed by atoms with Crippen LogP contribution in [0.1, 0.15) is 43.6 Å². The predicted octanol–water partition coefficient (Wildman–Crippen LogP) is 4.84. The van der Waals surface area contributed by atoms with E-state index in [1.165, 1.54) is 37.7 Å². The lowest BCUT2D eigenvalue weighted by molar-refractivity contribution is 0.00794. The standard InChI is InChI=1S/C25H27ClN2O4/c26-17-10-18-19(11-22(27-18)32-21-13-31-24-20(29)12-30-25(21)24)28-23(17)16-8-6-15(7-9-16)14-4-2-1-3-5-14/h6-11,14,20-21,24-25,27,29H,1-5,12-13H2/t20-,21-,24?,25-/m1/s1. The number of pyridine rings is 1. The third-order valence-corrected chi connectivity index (χ3v) is 7.34. The summed E-state index contributed by atoms with van der Waals surface area (Å²) in [5.41, 5.74) is 4.81. The number of aromatic amines is 1. The molecule has 7 heteroatoms. The number of halogens is 1. The maximum absolute atomic E-state index is 9.92. The Morgan fingerprint density at radius 1 is 1.00 bits per heavy atom. The van der Waals surface area contributed by atoms with Gasteiger partial charge in [-0.3, -0.25) is 0 Å². The second-order valence-electron chi connectivity index (χ2n) is 9.16. The van der Waals surface area contributed by atoms with Crippen molar-refractivity contribution >= 4 is 22.6 Å². The van der Waals surface area contributed by atoms with E-state index in [2.05, 4.69) is 29.2 Å². The van der Waals surface area contributed by atoms with Crippen LogP contribution in [0.25, 0.3) is 22.3 Å². The van der Waals surface area contributed by atoms with Crippen molar-refractivity contribution in [1.29, 1.82) is 0 Å². The maximum atomic E-state index is 9.92. The number of rotatable bonds is 4. The second-order valence-corrected chi connectivity index (χ2v) is 9.57. The average Bonchev–Trinajstić information content (AvgIpc) is 3.51. The number of aliphatic hydroxyl groups is 1. The van der Waals surface area contributed by atoms with Crippen molar-refractivity contribution in [3.63, 3.8) is 0 Å². The minimum Gasteiger partial charge on any atom is -0.470 e. The van der Waals surface area contributed by atoms with Crippen LogP contribution in [-0.4, -0.2) is 52.7 Å². The Kier molecular flexibility index (Phi) is 5.34. The molecule has 0 amide bonds. The fourth-order valence-corrected chi connectivity index (χ4v) is 5.59. The zero-order chi connectivity index (χ0) is 21.7. The SMILES string of the molecule is O[C@@H]1CO[C@H]2C1OC[C@H]2Oc1cc2nc(-c3ccc(C4CCCCC4)cc3)c(Cl)cc2[nH]1. The van der Waals surface area contributed by atoms with Crippen LogP contribution >= 0.6 is 11.6 Å². The van der Waals surface area contributed by atoms with Crippen LogP contribution in [0.2, 0.25) is 5.02 Å². The van der Waals surface area contributed by atoms with Crippen molar-refractivity contribution in [3.05, 3.63) is 47.0 Å². The third kappa shape index (κ3) is 3.69. The Morgan fingerprint density at radius 3 is 2.59 bits per heavy atom. The van der Waals surface area contributed by atoms with E-state index in [0.717, 1.165) is 22.3 Å². The van der Waals surface area contributed by atoms with E-state index >= 15 is 0 Å². The van der Waals surface area contributed by atoms with Crippen LogP contribution in [0.4, 0.5) is 0 Å². The van der Waals surface area contributed by atoms with E-state index in [9.17, 15) is 5.11 Å². The van der Waals surface area contributed by atoms with Gasteiger partial charge >= 0.3 is 0 Å². The molecule has 2 saturated heterocycles. The molecule has 4 atom stereocenters. The lowest BCUT2D eigenvalue weighted by atomic mass is 9.84. The van der Waals surface area contributed by atoms with Gasteiger partial charge in [-0.1, -0.05) is 55.1 Å². The van der Waals surface area contributed by atoms with Crippen molar-refractivity contribution in [1.82, 2.24) is 9.97 Å². The number of aliphatic hydroxyl groups excluding tert-OH is 1. The van der Waals surface area contributed by atoms with Gasteiger partial charge < -0.3 is 24.3 Å². The van der Waals surface area contributed by atoms with E-state index in [0.29, 0.717) is 23.4 Å². The van der Waals surface area contributed by atoms with E-state index < -0.39 is 6.10 Å². The Balaban J connectivity index is 1.23. The Hall–Kier alpha value is -2.12. The maximum Gasteiger partial charge on any atom is 0.193 e. The molecular weight excluding hydrogens is 428 g/mol. The molecule has 6 nitrogen and oxygen atoms in total. The summed E-state index contributed by atoms with van der Waals surface area (Å²) in [5, 5.41) is 10.5. The number of hydrogen-bond donors (Lipinski definition) is 2. The Morgan fingerprint density at radius 2 is 1.78 bits per heavy atom. The molecule has 3 aromatic rings. The second kappa shape index (κ2) is 8.34. The normalized spacial score (nSPS) is 28.3. The number of hydrogen-bond acceptors (Lipinski definition) is 5. The first kappa shape index (κ1) is 20.5. The largest absolute Gasteiger partial charge is 0.470 e. The molecule has 168 valence electrons. The molecule has 3 aliphatic rings. The Labute approximate surface area is 191 Å². The molecule has 6 rings (SSSR count). The summed E-state index contributed by atoms with van der Waals surface area (Å²) in [6.07, 6.45) is 5.15. The highest BCUT2D eigenvalue weighted by Gasteiger charge is 2.48. The first-order valence-corrected chi connectivity index (χ1v) is 11.9. The number of nitrogens with zero attached hydrogens (tertiary/aromatic N) is 1. The van der Waals surface area contributed by atoms with Crippen LogP contribution in [0.15, 0.2) is 36.4 Å². The molecule has 2 aliphatic heterocycles. The number of ether oxygens (including phenoxy) is 3. The topological polar surface area (TPSA) is 76.6 Å². The summed E-state index contributed by atoms with van der Waals surface area (Å²) in [6, 6.07) is 12.5. The van der Waals surface area contributed by atoms with Gasteiger partial charge in [-0.25, -0.2) is 4.98 Å². The average molecular weight is 455 g/mol. The van der Waals surface area contributed by atoms with Crippen molar-refractivity contribution in [2.45, 2.75) is 62.4 Å². The number of benzene rings is 1. The van der Waals surface area contributed by atoms with E-state index in [1.54, 1.807) is 0 Å². The van der Waals surface area contributed by atoms with Crippen LogP contribution in [0.5, 0.6) is 5.88 Å². The summed E-state index contributed by atoms with van der Waals surface area (Å²) in [7, 11) is 0. The number of fused-ring (bicyclic) bond motifs is 2. The minimum absolute atomic E-state index is 0.258. The molecule has 1 saturated carbocycles. The molecule has 1 aromatic carbocycles. The van der Waals surface area contributed by atoms with Gasteiger partial charge in [-0.2, -0.15) is 0 Å². The smallest absolute Gasteiger partial charge is 0.193 e. The summed E-state index contributed by atoms with van der Waals surface area (Å²) in [5.74, 6) is 1.27. The van der Waals surface area contributed by atoms with Gasteiger partial charge in [-0.15, -0.1) is 0 Å². The van der Waals surface area contributed by atoms with Crippen LogP contribution in [0.3, 0.4) is 0 Å². The molecule has 2 N–H and O–H groups in total. The zero-order valence-electron chi connectivity index (χ0n) is 17.8. The van der Waals surface area contributed by atoms with Gasteiger partial charge in [-0.05, 0) is 30.4 Å². The van der Waals surface area contributed by atoms with Gasteiger partial charge in [0.15, 0.2) is 12.0 Å². The van der Waals surface area contributed by atoms with Gasteiger partial charge in [0.25, 0.3) is 0 Å². The molecule has 2 aromatic heterocycles. The van der Waals surface area contributed by atoms with E-state index in [1.807, 2.05) is 12.1 Å². The van der Waals surface area contributed by atoms with E-state index in [-0.39, 0.29) is 24.9 Å². The highest BCUT2D eigenvalue weighted by atomic mass is 35.5. The Bertz CT molecular complexity index is 1110. The summed E-state index contributed by atoms with van der Waals surface area (Å²) in [4.78, 5) is 8.06. The van der Waals surface area contributed by atoms with Gasteiger partial charge in [0, 0.05) is 11.6 Å². The molecule has 0 bridgehead atoms. The van der Waals surface area contributed by atoms with Crippen LogP contribution in [0, 0.1) is 0 Å². The predicted molar refractivity (Wildman–Crippen MR) is 122 cm³/mol. The number of H-pyrrole nitrogens is 1. The molecule has 0 radical (unpaired) electrons. The lowest BCUT2D eigenvalue weighted by Crippen LogP contribution is -2.34. The molecule has 4 heterocycles. The van der Waals surface area contributed by atoms with E-state index in [4.69, 9.17) is 30.8 Å². The zero-order valence-corrected chi connectivity index (χ0v) is 18.6. The first-order chi connectivity index (χ1) is 15.7. The third-order valence-electron chi connectivity index (χ3n) is 7.05. The lowest BCUT2D eigenvalue weighted by Gasteiger charge is -2.22. The molecule has 3 fully saturated rings. The van der Waals surface area contributed by atoms with Crippen molar-refractivity contribution in [2.24, 2.45) is 0 Å². The minimum atomic E-state index is -0.594. The van der Waals surface area contributed by atoms with Crippen molar-refractivity contribution in [2.75, 3.05) is 13.2 Å². The number of aromatic nitrogens is 2. The molecule has 0 spiro atoms. The van der Waals surface area contributed by atoms with Crippen LogP contribution in [-0.2, 0) is 9.47 Å². The quantitative estimate of drug-likeness (QED) is 0.590. The van der Waals surface area contributed by atoms with Gasteiger partial charge in [0.2, 0.25) is 0 Å². The summed E-state index contributed by atoms with van der Waals surface area (Å²) in [6.45, 7) is 0.663. The summed E-state index contributed by atoms with van der Waals surface area (Å²) >= 11 is 6.60. The molecule has 1 unspecified atom stereocenters. The fourth-order valence-electron chi connectivity index (χ4n) is 5.33. The monoisotopic (exact) mass is 454 g/mol. The molecular formula is C25H27ClN2O4. The van der Waals surface area contributed by atoms with Gasteiger partial charge in [0.05, 0.1) is 35.0 Å². The van der Waals surface area contributed by atoms with Crippen LogP contribution < -0.4 is 4.74 Å². The summed E-state index contributed by atoms with van der Waals surface area (Å²) < 4.78 is 17.4. The first-order valence-electron chi connectivity index (χ1n) is 11.5.